The summed E-state index contributed by atoms with van der Waals surface area (Å²) >= 11 is 0. The van der Waals surface area contributed by atoms with Crippen molar-refractivity contribution in [2.24, 2.45) is 0 Å². The molecule has 6 nitrogen and oxygen atoms in total. The zero-order valence-corrected chi connectivity index (χ0v) is 11.2. The molecule has 1 aromatic carbocycles. The maximum atomic E-state index is 9.73. The third-order valence-electron chi connectivity index (χ3n) is 2.75. The molecule has 6 heteroatoms. The monoisotopic (exact) mass is 263 g/mol. The number of rotatable bonds is 5. The fourth-order valence-corrected chi connectivity index (χ4v) is 1.74. The molecule has 0 radical (unpaired) electrons. The summed E-state index contributed by atoms with van der Waals surface area (Å²) in [6, 6.07) is 4.95. The van der Waals surface area contributed by atoms with Crippen LogP contribution in [0.1, 0.15) is 25.8 Å². The number of nitrogens with one attached hydrogen (secondary N) is 1. The van der Waals surface area contributed by atoms with Crippen molar-refractivity contribution in [2.75, 3.05) is 13.7 Å². The quantitative estimate of drug-likeness (QED) is 0.860. The van der Waals surface area contributed by atoms with Gasteiger partial charge in [-0.15, -0.1) is 10.2 Å². The predicted octanol–water partition coefficient (Wildman–Crippen LogP) is 2.12. The van der Waals surface area contributed by atoms with Crippen LogP contribution in [-0.2, 0) is 0 Å². The number of methoxy groups -OCH3 is 1. The molecule has 1 atom stereocenters. The zero-order chi connectivity index (χ0) is 13.8. The Morgan fingerprint density at radius 2 is 2.21 bits per heavy atom. The van der Waals surface area contributed by atoms with Crippen molar-refractivity contribution in [3.63, 3.8) is 0 Å². The average Bonchev–Trinajstić information content (AvgIpc) is 2.88. The molecule has 0 saturated carbocycles. The largest absolute Gasteiger partial charge is 0.504 e. The molecule has 0 saturated heterocycles. The van der Waals surface area contributed by atoms with Crippen LogP contribution in [0.5, 0.6) is 11.5 Å². The van der Waals surface area contributed by atoms with Crippen molar-refractivity contribution in [3.05, 3.63) is 24.1 Å². The second-order valence-corrected chi connectivity index (χ2v) is 4.11. The van der Waals surface area contributed by atoms with Crippen molar-refractivity contribution in [3.8, 4) is 23.0 Å². The molecule has 1 heterocycles. The van der Waals surface area contributed by atoms with E-state index in [-0.39, 0.29) is 11.8 Å². The second kappa shape index (κ2) is 5.71. The van der Waals surface area contributed by atoms with Crippen LogP contribution in [-0.4, -0.2) is 29.0 Å². The summed E-state index contributed by atoms with van der Waals surface area (Å²) in [6.07, 6.45) is 0. The highest BCUT2D eigenvalue weighted by Gasteiger charge is 2.15. The van der Waals surface area contributed by atoms with Crippen LogP contribution >= 0.6 is 0 Å². The van der Waals surface area contributed by atoms with Crippen LogP contribution in [0.3, 0.4) is 0 Å². The van der Waals surface area contributed by atoms with Gasteiger partial charge in [-0.05, 0) is 31.7 Å². The summed E-state index contributed by atoms with van der Waals surface area (Å²) < 4.78 is 10.6. The van der Waals surface area contributed by atoms with E-state index in [1.165, 1.54) is 13.2 Å². The van der Waals surface area contributed by atoms with Gasteiger partial charge in [0.05, 0.1) is 13.2 Å². The van der Waals surface area contributed by atoms with Crippen LogP contribution in [0.25, 0.3) is 11.5 Å². The number of phenolic OH excluding ortho intramolecular Hbond substituents is 1. The maximum Gasteiger partial charge on any atom is 0.247 e. The molecule has 0 aliphatic heterocycles. The Kier molecular flexibility index (Phi) is 4.01. The van der Waals surface area contributed by atoms with Crippen molar-refractivity contribution in [1.29, 1.82) is 0 Å². The summed E-state index contributed by atoms with van der Waals surface area (Å²) in [5.74, 6) is 1.34. The van der Waals surface area contributed by atoms with Crippen LogP contribution in [0, 0.1) is 0 Å². The van der Waals surface area contributed by atoms with Crippen molar-refractivity contribution in [1.82, 2.24) is 15.5 Å². The van der Waals surface area contributed by atoms with Gasteiger partial charge in [0.2, 0.25) is 11.8 Å². The fourth-order valence-electron chi connectivity index (χ4n) is 1.74. The Bertz CT molecular complexity index is 554. The summed E-state index contributed by atoms with van der Waals surface area (Å²) in [6.45, 7) is 4.78. The number of hydrogen-bond donors (Lipinski definition) is 2. The highest BCUT2D eigenvalue weighted by molar-refractivity contribution is 5.59. The van der Waals surface area contributed by atoms with Crippen molar-refractivity contribution >= 4 is 0 Å². The topological polar surface area (TPSA) is 80.4 Å². The van der Waals surface area contributed by atoms with Gasteiger partial charge in [0, 0.05) is 5.56 Å². The third kappa shape index (κ3) is 2.85. The molecule has 0 fully saturated rings. The molecule has 1 unspecified atom stereocenters. The first kappa shape index (κ1) is 13.4. The molecule has 0 spiro atoms. The molecular formula is C13H17N3O3. The first-order valence-electron chi connectivity index (χ1n) is 6.09. The van der Waals surface area contributed by atoms with Gasteiger partial charge in [-0.2, -0.15) is 0 Å². The Morgan fingerprint density at radius 1 is 1.42 bits per heavy atom. The summed E-state index contributed by atoms with van der Waals surface area (Å²) in [4.78, 5) is 0. The highest BCUT2D eigenvalue weighted by atomic mass is 16.5. The first-order chi connectivity index (χ1) is 9.15. The molecule has 0 aliphatic rings. The normalized spacial score (nSPS) is 12.4. The van der Waals surface area contributed by atoms with E-state index in [4.69, 9.17) is 9.15 Å². The molecular weight excluding hydrogens is 246 g/mol. The van der Waals surface area contributed by atoms with E-state index in [0.717, 1.165) is 6.54 Å². The standard InChI is InChI=1S/C13H17N3O3/c1-4-14-8(2)12-15-16-13(19-12)9-5-6-11(18-3)10(17)7-9/h5-8,14,17H,4H2,1-3H3. The van der Waals surface area contributed by atoms with Gasteiger partial charge < -0.3 is 19.6 Å². The number of aromatic nitrogens is 2. The van der Waals surface area contributed by atoms with Crippen molar-refractivity contribution < 1.29 is 14.3 Å². The second-order valence-electron chi connectivity index (χ2n) is 4.11. The minimum Gasteiger partial charge on any atom is -0.504 e. The Labute approximate surface area is 111 Å². The highest BCUT2D eigenvalue weighted by Crippen LogP contribution is 2.31. The summed E-state index contributed by atoms with van der Waals surface area (Å²) in [5.41, 5.74) is 0.653. The number of aromatic hydroxyl groups is 1. The SMILES string of the molecule is CCNC(C)c1nnc(-c2ccc(OC)c(O)c2)o1. The Hall–Kier alpha value is -2.08. The molecule has 1 aromatic heterocycles. The number of hydrogen-bond acceptors (Lipinski definition) is 6. The van der Waals surface area contributed by atoms with Gasteiger partial charge in [-0.25, -0.2) is 0 Å². The predicted molar refractivity (Wildman–Crippen MR) is 70.0 cm³/mol. The molecule has 0 bridgehead atoms. The lowest BCUT2D eigenvalue weighted by Crippen LogP contribution is -2.17. The van der Waals surface area contributed by atoms with Gasteiger partial charge in [0.1, 0.15) is 0 Å². The lowest BCUT2D eigenvalue weighted by Gasteiger charge is -2.06. The number of phenols is 1. The van der Waals surface area contributed by atoms with Gasteiger partial charge in [-0.1, -0.05) is 6.92 Å². The molecule has 0 amide bonds. The van der Waals surface area contributed by atoms with E-state index in [1.54, 1.807) is 12.1 Å². The lowest BCUT2D eigenvalue weighted by atomic mass is 10.2. The van der Waals surface area contributed by atoms with Crippen LogP contribution in [0.15, 0.2) is 22.6 Å². The zero-order valence-electron chi connectivity index (χ0n) is 11.2. The van der Waals surface area contributed by atoms with E-state index in [1.807, 2.05) is 13.8 Å². The number of nitrogens with zero attached hydrogens (tertiary/aromatic N) is 2. The smallest absolute Gasteiger partial charge is 0.247 e. The van der Waals surface area contributed by atoms with Crippen molar-refractivity contribution in [2.45, 2.75) is 19.9 Å². The van der Waals surface area contributed by atoms with E-state index >= 15 is 0 Å². The summed E-state index contributed by atoms with van der Waals surface area (Å²) in [5, 5.41) is 20.9. The molecule has 2 aromatic rings. The van der Waals surface area contributed by atoms with E-state index in [2.05, 4.69) is 15.5 Å². The van der Waals surface area contributed by atoms with Gasteiger partial charge in [0.15, 0.2) is 11.5 Å². The molecule has 19 heavy (non-hydrogen) atoms. The molecule has 0 aliphatic carbocycles. The van der Waals surface area contributed by atoms with Crippen LogP contribution in [0.2, 0.25) is 0 Å². The molecule has 2 N–H and O–H groups in total. The Balaban J connectivity index is 2.25. The van der Waals surface area contributed by atoms with E-state index in [9.17, 15) is 5.11 Å². The van der Waals surface area contributed by atoms with Gasteiger partial charge in [0.25, 0.3) is 0 Å². The fraction of sp³-hybridized carbons (Fsp3) is 0.385. The number of ether oxygens (including phenoxy) is 1. The maximum absolute atomic E-state index is 9.73. The van der Waals surface area contributed by atoms with E-state index < -0.39 is 0 Å². The minimum absolute atomic E-state index is 0.00176. The number of benzene rings is 1. The Morgan fingerprint density at radius 3 is 2.84 bits per heavy atom. The lowest BCUT2D eigenvalue weighted by molar-refractivity contribution is 0.373. The first-order valence-corrected chi connectivity index (χ1v) is 6.09. The molecule has 102 valence electrons. The van der Waals surface area contributed by atoms with Crippen LogP contribution in [0.4, 0.5) is 0 Å². The van der Waals surface area contributed by atoms with Gasteiger partial charge >= 0.3 is 0 Å². The van der Waals surface area contributed by atoms with E-state index in [0.29, 0.717) is 23.1 Å². The minimum atomic E-state index is -0.00176. The average molecular weight is 263 g/mol. The van der Waals surface area contributed by atoms with Crippen LogP contribution < -0.4 is 10.1 Å². The third-order valence-corrected chi connectivity index (χ3v) is 2.75. The molecule has 2 rings (SSSR count). The van der Waals surface area contributed by atoms with Gasteiger partial charge in [-0.3, -0.25) is 0 Å². The summed E-state index contributed by atoms with van der Waals surface area (Å²) in [7, 11) is 1.50.